The van der Waals surface area contributed by atoms with Crippen LogP contribution in [0.1, 0.15) is 15.9 Å². The third-order valence-electron chi connectivity index (χ3n) is 3.00. The van der Waals surface area contributed by atoms with E-state index in [2.05, 4.69) is 31.9 Å². The quantitative estimate of drug-likeness (QED) is 0.542. The summed E-state index contributed by atoms with van der Waals surface area (Å²) in [6, 6.07) is 15.1. The second kappa shape index (κ2) is 7.04. The number of methoxy groups -OCH3 is 1. The summed E-state index contributed by atoms with van der Waals surface area (Å²) in [6.07, 6.45) is 0.596. The molecule has 0 N–H and O–H groups in total. The molecule has 2 rings (SSSR count). The zero-order chi connectivity index (χ0) is 14.5. The summed E-state index contributed by atoms with van der Waals surface area (Å²) in [6.45, 7) is 0. The second-order valence-electron chi connectivity index (χ2n) is 4.35. The van der Waals surface area contributed by atoms with Gasteiger partial charge in [-0.1, -0.05) is 62.2 Å². The molecule has 0 heterocycles. The number of Topliss-reactive ketones (excluding diaryl/α,β-unsaturated/α-hetero) is 1. The van der Waals surface area contributed by atoms with E-state index in [9.17, 15) is 4.79 Å². The summed E-state index contributed by atoms with van der Waals surface area (Å²) in [5.41, 5.74) is 1.72. The van der Waals surface area contributed by atoms with Crippen LogP contribution in [0.2, 0.25) is 0 Å². The van der Waals surface area contributed by atoms with Crippen LogP contribution >= 0.6 is 31.9 Å². The van der Waals surface area contributed by atoms with Crippen LogP contribution in [0.25, 0.3) is 0 Å². The molecule has 2 aromatic carbocycles. The molecule has 0 aromatic heterocycles. The molecule has 104 valence electrons. The number of rotatable bonds is 5. The second-order valence-corrected chi connectivity index (χ2v) is 6.38. The van der Waals surface area contributed by atoms with Gasteiger partial charge in [-0.3, -0.25) is 4.79 Å². The number of carbonyl (C=O) groups excluding carboxylic acids is 1. The normalized spacial score (nSPS) is 11.9. The molecule has 0 radical (unpaired) electrons. The van der Waals surface area contributed by atoms with E-state index >= 15 is 0 Å². The molecule has 20 heavy (non-hydrogen) atoms. The zero-order valence-corrected chi connectivity index (χ0v) is 14.1. The fraction of sp³-hybridized carbons (Fsp3) is 0.188. The van der Waals surface area contributed by atoms with Gasteiger partial charge in [0, 0.05) is 10.0 Å². The lowest BCUT2D eigenvalue weighted by Gasteiger charge is -2.12. The highest BCUT2D eigenvalue weighted by Crippen LogP contribution is 2.23. The minimum atomic E-state index is -0.264. The highest BCUT2D eigenvalue weighted by atomic mass is 79.9. The maximum absolute atomic E-state index is 12.4. The van der Waals surface area contributed by atoms with E-state index in [4.69, 9.17) is 4.74 Å². The highest BCUT2D eigenvalue weighted by molar-refractivity contribution is 9.10. The summed E-state index contributed by atoms with van der Waals surface area (Å²) in [5, 5.41) is 0. The standard InChI is InChI=1S/C16H14Br2O2/c1-20-15-5-3-2-4-12(15)10-14(18)16(19)11-6-8-13(17)9-7-11/h2-9,14H,10H2,1H3. The van der Waals surface area contributed by atoms with Crippen LogP contribution in [0.15, 0.2) is 53.0 Å². The van der Waals surface area contributed by atoms with E-state index in [0.717, 1.165) is 15.8 Å². The molecule has 1 unspecified atom stereocenters. The van der Waals surface area contributed by atoms with Crippen molar-refractivity contribution in [3.05, 3.63) is 64.1 Å². The lowest BCUT2D eigenvalue weighted by Crippen LogP contribution is -2.17. The third kappa shape index (κ3) is 3.70. The van der Waals surface area contributed by atoms with Gasteiger partial charge in [0.1, 0.15) is 5.75 Å². The average molecular weight is 398 g/mol. The number of halogens is 2. The number of alkyl halides is 1. The molecule has 0 aliphatic heterocycles. The number of ketones is 1. The molecule has 0 aliphatic carbocycles. The molecule has 0 fully saturated rings. The van der Waals surface area contributed by atoms with Gasteiger partial charge < -0.3 is 4.74 Å². The summed E-state index contributed by atoms with van der Waals surface area (Å²) in [5.74, 6) is 0.879. The number of carbonyl (C=O) groups is 1. The smallest absolute Gasteiger partial charge is 0.176 e. The number of benzene rings is 2. The SMILES string of the molecule is COc1ccccc1CC(Br)C(=O)c1ccc(Br)cc1. The first-order valence-electron chi connectivity index (χ1n) is 6.17. The number of hydrogen-bond acceptors (Lipinski definition) is 2. The predicted molar refractivity (Wildman–Crippen MR) is 87.9 cm³/mol. The third-order valence-corrected chi connectivity index (χ3v) is 4.27. The van der Waals surface area contributed by atoms with Crippen molar-refractivity contribution in [1.82, 2.24) is 0 Å². The van der Waals surface area contributed by atoms with Gasteiger partial charge in [0.15, 0.2) is 5.78 Å². The van der Waals surface area contributed by atoms with Gasteiger partial charge in [0.25, 0.3) is 0 Å². The number of hydrogen-bond donors (Lipinski definition) is 0. The molecule has 1 atom stereocenters. The minimum Gasteiger partial charge on any atom is -0.496 e. The Morgan fingerprint density at radius 3 is 2.45 bits per heavy atom. The van der Waals surface area contributed by atoms with Crippen molar-refractivity contribution in [2.45, 2.75) is 11.2 Å². The number of para-hydroxylation sites is 1. The average Bonchev–Trinajstić information content (AvgIpc) is 2.48. The Labute approximate surface area is 135 Å². The predicted octanol–water partition coefficient (Wildman–Crippen LogP) is 4.65. The van der Waals surface area contributed by atoms with Crippen LogP contribution in [-0.4, -0.2) is 17.7 Å². The van der Waals surface area contributed by atoms with Crippen LogP contribution in [0.3, 0.4) is 0 Å². The first-order chi connectivity index (χ1) is 9.61. The van der Waals surface area contributed by atoms with Crippen molar-refractivity contribution in [2.75, 3.05) is 7.11 Å². The Balaban J connectivity index is 2.13. The zero-order valence-electron chi connectivity index (χ0n) is 11.0. The molecule has 0 aliphatic rings. The Hall–Kier alpha value is -1.13. The van der Waals surface area contributed by atoms with Gasteiger partial charge in [-0.25, -0.2) is 0 Å². The summed E-state index contributed by atoms with van der Waals surface area (Å²) >= 11 is 6.85. The largest absolute Gasteiger partial charge is 0.496 e. The Morgan fingerprint density at radius 2 is 1.80 bits per heavy atom. The first kappa shape index (κ1) is 15.3. The molecule has 0 amide bonds. The molecule has 0 spiro atoms. The topological polar surface area (TPSA) is 26.3 Å². The fourth-order valence-electron chi connectivity index (χ4n) is 1.95. The number of ether oxygens (including phenoxy) is 1. The summed E-state index contributed by atoms with van der Waals surface area (Å²) in [7, 11) is 1.64. The van der Waals surface area contributed by atoms with Crippen molar-refractivity contribution in [3.8, 4) is 5.75 Å². The van der Waals surface area contributed by atoms with Gasteiger partial charge in [0.05, 0.1) is 11.9 Å². The lowest BCUT2D eigenvalue weighted by atomic mass is 10.0. The minimum absolute atomic E-state index is 0.0726. The Kier molecular flexibility index (Phi) is 5.38. The van der Waals surface area contributed by atoms with E-state index in [-0.39, 0.29) is 10.6 Å². The molecular weight excluding hydrogens is 384 g/mol. The van der Waals surface area contributed by atoms with Crippen LogP contribution in [-0.2, 0) is 6.42 Å². The molecule has 0 saturated heterocycles. The fourth-order valence-corrected chi connectivity index (χ4v) is 2.83. The van der Waals surface area contributed by atoms with Crippen molar-refractivity contribution in [3.63, 3.8) is 0 Å². The van der Waals surface area contributed by atoms with E-state index in [0.29, 0.717) is 12.0 Å². The maximum atomic E-state index is 12.4. The summed E-state index contributed by atoms with van der Waals surface area (Å²) < 4.78 is 6.27. The van der Waals surface area contributed by atoms with Crippen molar-refractivity contribution in [2.24, 2.45) is 0 Å². The molecule has 0 saturated carbocycles. The molecule has 0 bridgehead atoms. The van der Waals surface area contributed by atoms with Gasteiger partial charge in [-0.15, -0.1) is 0 Å². The van der Waals surface area contributed by atoms with Gasteiger partial charge in [0.2, 0.25) is 0 Å². The van der Waals surface area contributed by atoms with Crippen LogP contribution in [0.4, 0.5) is 0 Å². The van der Waals surface area contributed by atoms with Crippen LogP contribution < -0.4 is 4.74 Å². The van der Waals surface area contributed by atoms with Gasteiger partial charge in [-0.05, 0) is 30.2 Å². The summed E-state index contributed by atoms with van der Waals surface area (Å²) in [4.78, 5) is 12.1. The van der Waals surface area contributed by atoms with Crippen molar-refractivity contribution < 1.29 is 9.53 Å². The van der Waals surface area contributed by atoms with Crippen molar-refractivity contribution >= 4 is 37.6 Å². The van der Waals surface area contributed by atoms with E-state index in [1.807, 2.05) is 48.5 Å². The van der Waals surface area contributed by atoms with Gasteiger partial charge >= 0.3 is 0 Å². The molecule has 2 aromatic rings. The van der Waals surface area contributed by atoms with Gasteiger partial charge in [-0.2, -0.15) is 0 Å². The monoisotopic (exact) mass is 396 g/mol. The maximum Gasteiger partial charge on any atom is 0.176 e. The Morgan fingerprint density at radius 1 is 1.15 bits per heavy atom. The first-order valence-corrected chi connectivity index (χ1v) is 7.88. The molecule has 4 heteroatoms. The van der Waals surface area contributed by atoms with Crippen LogP contribution in [0, 0.1) is 0 Å². The van der Waals surface area contributed by atoms with Crippen LogP contribution in [0.5, 0.6) is 5.75 Å². The lowest BCUT2D eigenvalue weighted by molar-refractivity contribution is 0.0991. The van der Waals surface area contributed by atoms with E-state index < -0.39 is 0 Å². The van der Waals surface area contributed by atoms with Crippen molar-refractivity contribution in [1.29, 1.82) is 0 Å². The van der Waals surface area contributed by atoms with E-state index in [1.165, 1.54) is 0 Å². The molecule has 2 nitrogen and oxygen atoms in total. The Bertz CT molecular complexity index is 594. The molecular formula is C16H14Br2O2. The highest BCUT2D eigenvalue weighted by Gasteiger charge is 2.18. The van der Waals surface area contributed by atoms with E-state index in [1.54, 1.807) is 7.11 Å².